The molecule has 3 aliphatic carbocycles. The van der Waals surface area contributed by atoms with Crippen LogP contribution in [-0.4, -0.2) is 65.8 Å². The lowest BCUT2D eigenvalue weighted by Gasteiger charge is -2.46. The summed E-state index contributed by atoms with van der Waals surface area (Å²) in [6.07, 6.45) is 7.65. The van der Waals surface area contributed by atoms with E-state index in [0.717, 1.165) is 51.4 Å². The van der Waals surface area contributed by atoms with Crippen molar-refractivity contribution in [2.45, 2.75) is 113 Å². The van der Waals surface area contributed by atoms with Crippen LogP contribution in [0.4, 0.5) is 0 Å². The fourth-order valence-electron chi connectivity index (χ4n) is 4.90. The molecule has 0 bridgehead atoms. The van der Waals surface area contributed by atoms with Gasteiger partial charge in [0.25, 0.3) is 0 Å². The molecule has 3 saturated carbocycles. The van der Waals surface area contributed by atoms with Gasteiger partial charge in [-0.15, -0.1) is 0 Å². The Kier molecular flexibility index (Phi) is 5.94. The number of aliphatic hydroxyl groups is 2. The second-order valence-corrected chi connectivity index (χ2v) is 8.08. The van der Waals surface area contributed by atoms with Crippen molar-refractivity contribution in [3.8, 4) is 0 Å². The Labute approximate surface area is 149 Å². The molecule has 1 aliphatic heterocycles. The van der Waals surface area contributed by atoms with E-state index >= 15 is 0 Å². The summed E-state index contributed by atoms with van der Waals surface area (Å²) in [4.78, 5) is 0. The van der Waals surface area contributed by atoms with E-state index in [1.807, 2.05) is 0 Å². The molecule has 2 N–H and O–H groups in total. The molecular weight excluding hydrogens is 324 g/mol. The van der Waals surface area contributed by atoms with Crippen LogP contribution in [0.25, 0.3) is 0 Å². The van der Waals surface area contributed by atoms with E-state index in [9.17, 15) is 10.2 Å². The molecule has 0 unspecified atom stereocenters. The molecule has 4 rings (SSSR count). The van der Waals surface area contributed by atoms with Gasteiger partial charge in [-0.2, -0.15) is 0 Å². The number of hydrogen-bond donors (Lipinski definition) is 2. The van der Waals surface area contributed by atoms with Crippen molar-refractivity contribution in [2.75, 3.05) is 6.79 Å². The molecule has 25 heavy (non-hydrogen) atoms. The molecule has 144 valence electrons. The molecule has 1 heterocycles. The summed E-state index contributed by atoms with van der Waals surface area (Å²) in [6, 6.07) is 0. The third-order valence-electron chi connectivity index (χ3n) is 6.32. The minimum atomic E-state index is -0.827. The Morgan fingerprint density at radius 2 is 1.00 bits per heavy atom. The zero-order valence-electron chi connectivity index (χ0n) is 14.9. The second kappa shape index (κ2) is 8.19. The maximum absolute atomic E-state index is 10.9. The van der Waals surface area contributed by atoms with E-state index in [1.54, 1.807) is 0 Å². The zero-order valence-corrected chi connectivity index (χ0v) is 14.9. The van der Waals surface area contributed by atoms with Crippen molar-refractivity contribution in [1.82, 2.24) is 0 Å². The minimum absolute atomic E-state index is 0.107. The molecule has 1 saturated heterocycles. The first-order valence-corrected chi connectivity index (χ1v) is 10.1. The smallest absolute Gasteiger partial charge is 0.148 e. The third-order valence-corrected chi connectivity index (χ3v) is 6.32. The normalized spacial score (nSPS) is 43.9. The van der Waals surface area contributed by atoms with Crippen molar-refractivity contribution >= 4 is 0 Å². The average molecular weight is 356 g/mol. The zero-order chi connectivity index (χ0) is 17.2. The van der Waals surface area contributed by atoms with Crippen LogP contribution < -0.4 is 0 Å². The monoisotopic (exact) mass is 356 g/mol. The predicted molar refractivity (Wildman–Crippen MR) is 90.1 cm³/mol. The van der Waals surface area contributed by atoms with Crippen LogP contribution in [0, 0.1) is 0 Å². The Hall–Kier alpha value is -0.240. The molecule has 0 amide bonds. The van der Waals surface area contributed by atoms with Crippen LogP contribution in [0.5, 0.6) is 0 Å². The third kappa shape index (κ3) is 3.89. The molecule has 0 spiro atoms. The second-order valence-electron chi connectivity index (χ2n) is 8.08. The molecule has 4 fully saturated rings. The van der Waals surface area contributed by atoms with E-state index in [-0.39, 0.29) is 19.0 Å². The van der Waals surface area contributed by atoms with Crippen molar-refractivity contribution in [1.29, 1.82) is 0 Å². The van der Waals surface area contributed by atoms with Gasteiger partial charge in [-0.25, -0.2) is 0 Å². The SMILES string of the molecule is O[C@@H]1[C@@H](OC2CCCCC2)[C@H](OC2CCCCC2)[C@@H](O)[C@@H]2OCO[C@H]12. The summed E-state index contributed by atoms with van der Waals surface area (Å²) >= 11 is 0. The standard InChI is InChI=1S/C19H32O6/c20-14-16-17(23-11-22-16)15(21)19(25-13-9-5-2-6-10-13)18(14)24-12-7-3-1-4-8-12/h12-21H,1-11H2/t14-,15-,16-,17+,18+,19+/m0/s1. The molecule has 0 aromatic rings. The Bertz CT molecular complexity index is 382. The fourth-order valence-corrected chi connectivity index (χ4v) is 4.90. The molecule has 0 radical (unpaired) electrons. The summed E-state index contributed by atoms with van der Waals surface area (Å²) in [6.45, 7) is 0.107. The first-order chi connectivity index (χ1) is 12.2. The molecule has 0 aromatic heterocycles. The van der Waals surface area contributed by atoms with Crippen molar-refractivity contribution in [3.63, 3.8) is 0 Å². The van der Waals surface area contributed by atoms with Crippen LogP contribution in [0.3, 0.4) is 0 Å². The van der Waals surface area contributed by atoms with Crippen LogP contribution >= 0.6 is 0 Å². The van der Waals surface area contributed by atoms with Gasteiger partial charge in [-0.05, 0) is 25.7 Å². The number of fused-ring (bicyclic) bond motifs is 1. The number of ether oxygens (including phenoxy) is 4. The van der Waals surface area contributed by atoms with Crippen LogP contribution in [0.15, 0.2) is 0 Å². The molecular formula is C19H32O6. The Morgan fingerprint density at radius 1 is 0.600 bits per heavy atom. The summed E-state index contributed by atoms with van der Waals surface area (Å²) in [5.41, 5.74) is 0. The lowest BCUT2D eigenvalue weighted by Crippen LogP contribution is -2.65. The summed E-state index contributed by atoms with van der Waals surface area (Å²) in [5.74, 6) is 0. The highest BCUT2D eigenvalue weighted by molar-refractivity contribution is 5.04. The van der Waals surface area contributed by atoms with Gasteiger partial charge in [-0.3, -0.25) is 0 Å². The molecule has 0 aromatic carbocycles. The highest BCUT2D eigenvalue weighted by Gasteiger charge is 2.55. The van der Waals surface area contributed by atoms with E-state index in [4.69, 9.17) is 18.9 Å². The maximum Gasteiger partial charge on any atom is 0.148 e. The summed E-state index contributed by atoms with van der Waals surface area (Å²) < 4.78 is 23.7. The largest absolute Gasteiger partial charge is 0.387 e. The molecule has 6 heteroatoms. The van der Waals surface area contributed by atoms with E-state index in [0.29, 0.717) is 0 Å². The molecule has 6 atom stereocenters. The van der Waals surface area contributed by atoms with Gasteiger partial charge in [-0.1, -0.05) is 38.5 Å². The van der Waals surface area contributed by atoms with Crippen LogP contribution in [0.2, 0.25) is 0 Å². The number of aliphatic hydroxyl groups excluding tert-OH is 2. The quantitative estimate of drug-likeness (QED) is 0.801. The highest BCUT2D eigenvalue weighted by atomic mass is 16.7. The van der Waals surface area contributed by atoms with Crippen LogP contribution in [0.1, 0.15) is 64.2 Å². The van der Waals surface area contributed by atoms with Gasteiger partial charge in [0.05, 0.1) is 12.2 Å². The topological polar surface area (TPSA) is 77.4 Å². The van der Waals surface area contributed by atoms with Gasteiger partial charge in [0.15, 0.2) is 0 Å². The van der Waals surface area contributed by atoms with Crippen molar-refractivity contribution in [2.24, 2.45) is 0 Å². The van der Waals surface area contributed by atoms with Gasteiger partial charge in [0, 0.05) is 0 Å². The van der Waals surface area contributed by atoms with E-state index < -0.39 is 36.6 Å². The van der Waals surface area contributed by atoms with Gasteiger partial charge in [0.2, 0.25) is 0 Å². The summed E-state index contributed by atoms with van der Waals surface area (Å²) in [7, 11) is 0. The average Bonchev–Trinajstić information content (AvgIpc) is 3.14. The van der Waals surface area contributed by atoms with Crippen molar-refractivity contribution in [3.05, 3.63) is 0 Å². The highest BCUT2D eigenvalue weighted by Crippen LogP contribution is 2.36. The molecule has 6 nitrogen and oxygen atoms in total. The van der Waals surface area contributed by atoms with Gasteiger partial charge in [0.1, 0.15) is 43.4 Å². The van der Waals surface area contributed by atoms with Gasteiger partial charge >= 0.3 is 0 Å². The van der Waals surface area contributed by atoms with E-state index in [1.165, 1.54) is 12.8 Å². The fraction of sp³-hybridized carbons (Fsp3) is 1.00. The van der Waals surface area contributed by atoms with E-state index in [2.05, 4.69) is 0 Å². The van der Waals surface area contributed by atoms with Crippen LogP contribution in [-0.2, 0) is 18.9 Å². The first kappa shape index (κ1) is 18.1. The Balaban J connectivity index is 1.49. The van der Waals surface area contributed by atoms with Crippen molar-refractivity contribution < 1.29 is 29.2 Å². The Morgan fingerprint density at radius 3 is 1.40 bits per heavy atom. The lowest BCUT2D eigenvalue weighted by atomic mass is 9.83. The first-order valence-electron chi connectivity index (χ1n) is 10.1. The summed E-state index contributed by atoms with van der Waals surface area (Å²) in [5, 5.41) is 21.7. The predicted octanol–water partition coefficient (Wildman–Crippen LogP) is 1.90. The number of rotatable bonds is 4. The van der Waals surface area contributed by atoms with Gasteiger partial charge < -0.3 is 29.2 Å². The number of hydrogen-bond acceptors (Lipinski definition) is 6. The lowest BCUT2D eigenvalue weighted by molar-refractivity contribution is -0.247. The maximum atomic E-state index is 10.9. The minimum Gasteiger partial charge on any atom is -0.387 e. The molecule has 4 aliphatic rings.